The molecule has 0 atom stereocenters. The van der Waals surface area contributed by atoms with Crippen molar-refractivity contribution in [1.29, 1.82) is 0 Å². The number of hydrogen-bond acceptors (Lipinski definition) is 2. The summed E-state index contributed by atoms with van der Waals surface area (Å²) in [4.78, 5) is 27.2. The lowest BCUT2D eigenvalue weighted by Gasteiger charge is -2.24. The number of carbonyl (C=O) groups is 2. The molecule has 1 spiro atoms. The van der Waals surface area contributed by atoms with Gasteiger partial charge in [-0.05, 0) is 41.7 Å². The second kappa shape index (κ2) is 5.16. The van der Waals surface area contributed by atoms with Gasteiger partial charge in [0.25, 0.3) is 5.91 Å². The molecule has 1 saturated carbocycles. The van der Waals surface area contributed by atoms with E-state index in [1.54, 1.807) is 6.07 Å². The first kappa shape index (κ1) is 15.6. The predicted molar refractivity (Wildman–Crippen MR) is 94.1 cm³/mol. The van der Waals surface area contributed by atoms with Crippen LogP contribution in [0.2, 0.25) is 0 Å². The van der Waals surface area contributed by atoms with E-state index in [9.17, 15) is 14.0 Å². The SMILES string of the molecule is O=C1NC2(Cc3ccccc3C2)C(=O)N1CC1(c2cccc(F)c2)CC1. The van der Waals surface area contributed by atoms with Crippen LogP contribution in [-0.2, 0) is 23.1 Å². The third-order valence-corrected chi connectivity index (χ3v) is 6.10. The average molecular weight is 350 g/mol. The Labute approximate surface area is 151 Å². The smallest absolute Gasteiger partial charge is 0.322 e. The fraction of sp³-hybridized carbons (Fsp3) is 0.333. The summed E-state index contributed by atoms with van der Waals surface area (Å²) in [5, 5.41) is 2.95. The summed E-state index contributed by atoms with van der Waals surface area (Å²) in [7, 11) is 0. The van der Waals surface area contributed by atoms with Crippen molar-refractivity contribution in [2.45, 2.75) is 36.6 Å². The van der Waals surface area contributed by atoms with Crippen LogP contribution in [0.3, 0.4) is 0 Å². The van der Waals surface area contributed by atoms with Gasteiger partial charge in [-0.1, -0.05) is 36.4 Å². The Kier molecular flexibility index (Phi) is 3.09. The summed E-state index contributed by atoms with van der Waals surface area (Å²) in [6.45, 7) is 0.319. The van der Waals surface area contributed by atoms with Gasteiger partial charge < -0.3 is 5.32 Å². The maximum atomic E-state index is 13.6. The zero-order chi connectivity index (χ0) is 17.9. The normalized spacial score (nSPS) is 21.8. The molecule has 3 amide bonds. The van der Waals surface area contributed by atoms with Crippen LogP contribution in [-0.4, -0.2) is 28.9 Å². The van der Waals surface area contributed by atoms with Gasteiger partial charge in [0, 0.05) is 24.8 Å². The number of halogens is 1. The van der Waals surface area contributed by atoms with Crippen LogP contribution in [0, 0.1) is 5.82 Å². The van der Waals surface area contributed by atoms with Gasteiger partial charge in [0.15, 0.2) is 0 Å². The van der Waals surface area contributed by atoms with Gasteiger partial charge in [0.2, 0.25) is 0 Å². The number of fused-ring (bicyclic) bond motifs is 1. The first-order chi connectivity index (χ1) is 12.5. The molecule has 5 heteroatoms. The maximum Gasteiger partial charge on any atom is 0.325 e. The first-order valence-electron chi connectivity index (χ1n) is 8.98. The molecule has 26 heavy (non-hydrogen) atoms. The van der Waals surface area contributed by atoms with E-state index < -0.39 is 5.54 Å². The fourth-order valence-electron chi connectivity index (χ4n) is 4.48. The number of imide groups is 1. The standard InChI is InChI=1S/C21H19FN2O2/c22-17-7-3-6-16(10-17)20(8-9-20)13-24-18(25)21(23-19(24)26)11-14-4-1-2-5-15(14)12-21/h1-7,10H,8-9,11-13H2,(H,23,26). The van der Waals surface area contributed by atoms with Crippen molar-refractivity contribution >= 4 is 11.9 Å². The van der Waals surface area contributed by atoms with Crippen LogP contribution in [0.4, 0.5) is 9.18 Å². The number of amides is 3. The molecule has 1 N–H and O–H groups in total. The van der Waals surface area contributed by atoms with Crippen LogP contribution < -0.4 is 5.32 Å². The van der Waals surface area contributed by atoms with E-state index in [1.165, 1.54) is 17.0 Å². The molecular formula is C21H19FN2O2. The topological polar surface area (TPSA) is 49.4 Å². The van der Waals surface area contributed by atoms with Gasteiger partial charge in [-0.2, -0.15) is 0 Å². The maximum absolute atomic E-state index is 13.6. The van der Waals surface area contributed by atoms with Gasteiger partial charge in [-0.25, -0.2) is 9.18 Å². The number of rotatable bonds is 3. The van der Waals surface area contributed by atoms with E-state index in [0.29, 0.717) is 19.4 Å². The van der Waals surface area contributed by atoms with Crippen LogP contribution in [0.1, 0.15) is 29.5 Å². The number of carbonyl (C=O) groups excluding carboxylic acids is 2. The Hall–Kier alpha value is -2.69. The monoisotopic (exact) mass is 350 g/mol. The highest BCUT2D eigenvalue weighted by Crippen LogP contribution is 2.49. The highest BCUT2D eigenvalue weighted by Gasteiger charge is 2.57. The lowest BCUT2D eigenvalue weighted by atomic mass is 9.93. The van der Waals surface area contributed by atoms with Crippen molar-refractivity contribution in [3.05, 3.63) is 71.0 Å². The Morgan fingerprint density at radius 1 is 1.00 bits per heavy atom. The molecule has 4 nitrogen and oxygen atoms in total. The lowest BCUT2D eigenvalue weighted by Crippen LogP contribution is -2.48. The number of urea groups is 1. The van der Waals surface area contributed by atoms with E-state index in [0.717, 1.165) is 29.5 Å². The highest BCUT2D eigenvalue weighted by molar-refractivity contribution is 6.08. The average Bonchev–Trinajstić information content (AvgIpc) is 3.26. The molecule has 1 aliphatic heterocycles. The minimum atomic E-state index is -0.848. The van der Waals surface area contributed by atoms with Crippen LogP contribution in [0.15, 0.2) is 48.5 Å². The van der Waals surface area contributed by atoms with Crippen LogP contribution in [0.25, 0.3) is 0 Å². The number of hydrogen-bond donors (Lipinski definition) is 1. The molecule has 0 aromatic heterocycles. The lowest BCUT2D eigenvalue weighted by molar-refractivity contribution is -0.131. The molecular weight excluding hydrogens is 331 g/mol. The van der Waals surface area contributed by atoms with Gasteiger partial charge >= 0.3 is 6.03 Å². The summed E-state index contributed by atoms with van der Waals surface area (Å²) >= 11 is 0. The quantitative estimate of drug-likeness (QED) is 0.866. The van der Waals surface area contributed by atoms with E-state index in [-0.39, 0.29) is 23.2 Å². The molecule has 0 bridgehead atoms. The molecule has 132 valence electrons. The van der Waals surface area contributed by atoms with Crippen molar-refractivity contribution in [1.82, 2.24) is 10.2 Å². The second-order valence-electron chi connectivity index (χ2n) is 7.82. The summed E-state index contributed by atoms with van der Waals surface area (Å²) in [6, 6.07) is 14.1. The number of benzene rings is 2. The van der Waals surface area contributed by atoms with Crippen molar-refractivity contribution < 1.29 is 14.0 Å². The molecule has 2 aromatic carbocycles. The first-order valence-corrected chi connectivity index (χ1v) is 8.98. The molecule has 2 aliphatic carbocycles. The molecule has 2 fully saturated rings. The summed E-state index contributed by atoms with van der Waals surface area (Å²) in [5.74, 6) is -0.435. The molecule has 0 unspecified atom stereocenters. The predicted octanol–water partition coefficient (Wildman–Crippen LogP) is 2.95. The van der Waals surface area contributed by atoms with Gasteiger partial charge in [-0.3, -0.25) is 9.69 Å². The molecule has 5 rings (SSSR count). The highest BCUT2D eigenvalue weighted by atomic mass is 19.1. The molecule has 3 aliphatic rings. The zero-order valence-corrected chi connectivity index (χ0v) is 14.3. The third-order valence-electron chi connectivity index (χ3n) is 6.10. The van der Waals surface area contributed by atoms with Crippen LogP contribution >= 0.6 is 0 Å². The second-order valence-corrected chi connectivity index (χ2v) is 7.82. The van der Waals surface area contributed by atoms with Gasteiger partial charge in [-0.15, -0.1) is 0 Å². The Balaban J connectivity index is 1.42. The van der Waals surface area contributed by atoms with E-state index in [4.69, 9.17) is 0 Å². The van der Waals surface area contributed by atoms with Crippen molar-refractivity contribution in [2.75, 3.05) is 6.54 Å². The molecule has 0 radical (unpaired) electrons. The Morgan fingerprint density at radius 2 is 1.69 bits per heavy atom. The van der Waals surface area contributed by atoms with E-state index in [1.807, 2.05) is 30.3 Å². The van der Waals surface area contributed by atoms with Gasteiger partial charge in [0.05, 0.1) is 0 Å². The Morgan fingerprint density at radius 3 is 2.31 bits per heavy atom. The number of nitrogens with one attached hydrogen (secondary N) is 1. The molecule has 1 heterocycles. The minimum Gasteiger partial charge on any atom is -0.322 e. The number of nitrogens with zero attached hydrogens (tertiary/aromatic N) is 1. The van der Waals surface area contributed by atoms with E-state index >= 15 is 0 Å². The third kappa shape index (κ3) is 2.19. The summed E-state index contributed by atoms with van der Waals surface area (Å²) in [5.41, 5.74) is 1.96. The zero-order valence-electron chi connectivity index (χ0n) is 14.3. The van der Waals surface area contributed by atoms with Gasteiger partial charge in [0.1, 0.15) is 11.4 Å². The fourth-order valence-corrected chi connectivity index (χ4v) is 4.48. The molecule has 1 saturated heterocycles. The van der Waals surface area contributed by atoms with Crippen molar-refractivity contribution in [2.24, 2.45) is 0 Å². The van der Waals surface area contributed by atoms with E-state index in [2.05, 4.69) is 5.32 Å². The largest absolute Gasteiger partial charge is 0.325 e. The van der Waals surface area contributed by atoms with Crippen LogP contribution in [0.5, 0.6) is 0 Å². The van der Waals surface area contributed by atoms with Crippen molar-refractivity contribution in [3.8, 4) is 0 Å². The summed E-state index contributed by atoms with van der Waals surface area (Å²) < 4.78 is 13.6. The summed E-state index contributed by atoms with van der Waals surface area (Å²) in [6.07, 6.45) is 2.80. The molecule has 2 aromatic rings. The Bertz CT molecular complexity index is 910. The van der Waals surface area contributed by atoms with Crippen molar-refractivity contribution in [3.63, 3.8) is 0 Å². The minimum absolute atomic E-state index is 0.152.